The molecule has 1 amide bonds. The van der Waals surface area contributed by atoms with Crippen LogP contribution in [0.3, 0.4) is 0 Å². The van der Waals surface area contributed by atoms with Crippen LogP contribution in [-0.4, -0.2) is 22.5 Å². The lowest BCUT2D eigenvalue weighted by molar-refractivity contribution is 0.0902. The number of fused-ring (bicyclic) bond motifs is 1. The van der Waals surface area contributed by atoms with Gasteiger partial charge in [0, 0.05) is 5.39 Å². The smallest absolute Gasteiger partial charge is 0.252 e. The molecule has 0 saturated heterocycles. The average molecular weight is 364 g/mol. The van der Waals surface area contributed by atoms with Crippen molar-refractivity contribution in [1.29, 1.82) is 0 Å². The van der Waals surface area contributed by atoms with Crippen LogP contribution < -0.4 is 5.32 Å². The number of carbonyl (C=O) groups excluding carboxylic acids is 1. The van der Waals surface area contributed by atoms with Gasteiger partial charge in [0.25, 0.3) is 5.91 Å². The maximum Gasteiger partial charge on any atom is 0.252 e. The Kier molecular flexibility index (Phi) is 4.51. The topological polar surface area (TPSA) is 75.4 Å². The summed E-state index contributed by atoms with van der Waals surface area (Å²) >= 11 is 1.57. The van der Waals surface area contributed by atoms with E-state index in [2.05, 4.69) is 10.3 Å². The maximum absolute atomic E-state index is 12.8. The Morgan fingerprint density at radius 1 is 1.19 bits per heavy atom. The minimum atomic E-state index is -0.890. The summed E-state index contributed by atoms with van der Waals surface area (Å²) in [7, 11) is 0. The fraction of sp³-hybridized carbons (Fsp3) is 0.100. The molecule has 5 nitrogen and oxygen atoms in total. The van der Waals surface area contributed by atoms with Gasteiger partial charge in [-0.15, -0.1) is 11.3 Å². The van der Waals surface area contributed by atoms with Gasteiger partial charge >= 0.3 is 0 Å². The normalized spacial score (nSPS) is 12.2. The number of amides is 1. The van der Waals surface area contributed by atoms with Crippen molar-refractivity contribution < 1.29 is 14.3 Å². The summed E-state index contributed by atoms with van der Waals surface area (Å²) in [6.45, 7) is 0.0668. The standard InChI is InChI=1S/C20H16N2O3S/c23-17(18-7-3-9-25-18)12-21-20(24)14-11-16(19-8-4-10-26-19)22-15-6-2-1-5-13(14)15/h1-11,17,23H,12H2,(H,21,24). The van der Waals surface area contributed by atoms with E-state index in [1.807, 2.05) is 41.8 Å². The average Bonchev–Trinajstić information content (AvgIpc) is 3.38. The minimum Gasteiger partial charge on any atom is -0.467 e. The third-order valence-electron chi connectivity index (χ3n) is 4.06. The Labute approximate surface area is 153 Å². The van der Waals surface area contributed by atoms with Crippen molar-refractivity contribution in [1.82, 2.24) is 10.3 Å². The van der Waals surface area contributed by atoms with Crippen LogP contribution in [-0.2, 0) is 0 Å². The predicted molar refractivity (Wildman–Crippen MR) is 101 cm³/mol. The van der Waals surface area contributed by atoms with Crippen LogP contribution in [0.1, 0.15) is 22.2 Å². The number of para-hydroxylation sites is 1. The van der Waals surface area contributed by atoms with E-state index in [1.165, 1.54) is 6.26 Å². The van der Waals surface area contributed by atoms with Gasteiger partial charge in [-0.05, 0) is 35.7 Å². The minimum absolute atomic E-state index is 0.0668. The first kappa shape index (κ1) is 16.5. The van der Waals surface area contributed by atoms with Crippen LogP contribution in [0.2, 0.25) is 0 Å². The van der Waals surface area contributed by atoms with Crippen molar-refractivity contribution in [3.05, 3.63) is 77.6 Å². The third kappa shape index (κ3) is 3.24. The van der Waals surface area contributed by atoms with E-state index >= 15 is 0 Å². The van der Waals surface area contributed by atoms with Gasteiger partial charge in [-0.25, -0.2) is 4.98 Å². The first-order valence-electron chi connectivity index (χ1n) is 8.16. The first-order valence-corrected chi connectivity index (χ1v) is 9.03. The molecule has 3 heterocycles. The fourth-order valence-corrected chi connectivity index (χ4v) is 3.47. The highest BCUT2D eigenvalue weighted by Crippen LogP contribution is 2.28. The summed E-state index contributed by atoms with van der Waals surface area (Å²) in [5.74, 6) is 0.163. The lowest BCUT2D eigenvalue weighted by Gasteiger charge is -2.12. The van der Waals surface area contributed by atoms with E-state index in [0.717, 1.165) is 21.5 Å². The van der Waals surface area contributed by atoms with Gasteiger partial charge in [0.15, 0.2) is 0 Å². The Hall–Kier alpha value is -2.96. The molecule has 1 aromatic carbocycles. The molecule has 4 aromatic rings. The molecule has 0 aliphatic carbocycles. The van der Waals surface area contributed by atoms with Crippen LogP contribution in [0.25, 0.3) is 21.5 Å². The van der Waals surface area contributed by atoms with Crippen LogP contribution in [0.5, 0.6) is 0 Å². The number of benzene rings is 1. The van der Waals surface area contributed by atoms with E-state index in [1.54, 1.807) is 29.5 Å². The van der Waals surface area contributed by atoms with E-state index in [0.29, 0.717) is 11.3 Å². The summed E-state index contributed by atoms with van der Waals surface area (Å²) in [6.07, 6.45) is 0.600. The molecule has 0 bridgehead atoms. The number of hydrogen-bond acceptors (Lipinski definition) is 5. The zero-order valence-electron chi connectivity index (χ0n) is 13.8. The van der Waals surface area contributed by atoms with E-state index in [-0.39, 0.29) is 12.5 Å². The molecule has 1 unspecified atom stereocenters. The molecule has 0 aliphatic rings. The number of nitrogens with one attached hydrogen (secondary N) is 1. The maximum atomic E-state index is 12.8. The number of furan rings is 1. The highest BCUT2D eigenvalue weighted by molar-refractivity contribution is 7.13. The zero-order valence-corrected chi connectivity index (χ0v) is 14.6. The molecule has 130 valence electrons. The summed E-state index contributed by atoms with van der Waals surface area (Å²) in [5.41, 5.74) is 2.05. The van der Waals surface area contributed by atoms with Gasteiger partial charge in [-0.2, -0.15) is 0 Å². The van der Waals surface area contributed by atoms with Crippen molar-refractivity contribution in [2.24, 2.45) is 0 Å². The summed E-state index contributed by atoms with van der Waals surface area (Å²) in [6, 6.07) is 16.6. The molecule has 26 heavy (non-hydrogen) atoms. The largest absolute Gasteiger partial charge is 0.467 e. The molecular formula is C20H16N2O3S. The molecular weight excluding hydrogens is 348 g/mol. The Morgan fingerprint density at radius 3 is 2.85 bits per heavy atom. The highest BCUT2D eigenvalue weighted by atomic mass is 32.1. The van der Waals surface area contributed by atoms with Gasteiger partial charge in [-0.3, -0.25) is 4.79 Å². The number of aliphatic hydroxyl groups excluding tert-OH is 1. The first-order chi connectivity index (χ1) is 12.7. The number of nitrogens with zero attached hydrogens (tertiary/aromatic N) is 1. The van der Waals surface area contributed by atoms with E-state index in [9.17, 15) is 9.90 Å². The van der Waals surface area contributed by atoms with Gasteiger partial charge in [0.1, 0.15) is 11.9 Å². The van der Waals surface area contributed by atoms with E-state index in [4.69, 9.17) is 4.42 Å². The number of pyridine rings is 1. The molecule has 6 heteroatoms. The second kappa shape index (κ2) is 7.11. The van der Waals surface area contributed by atoms with E-state index < -0.39 is 6.10 Å². The molecule has 0 radical (unpaired) electrons. The molecule has 0 aliphatic heterocycles. The second-order valence-electron chi connectivity index (χ2n) is 5.79. The van der Waals surface area contributed by atoms with Crippen LogP contribution >= 0.6 is 11.3 Å². The monoisotopic (exact) mass is 364 g/mol. The third-order valence-corrected chi connectivity index (χ3v) is 4.95. The Balaban J connectivity index is 1.65. The lowest BCUT2D eigenvalue weighted by atomic mass is 10.1. The SMILES string of the molecule is O=C(NCC(O)c1ccco1)c1cc(-c2cccs2)nc2ccccc12. The lowest BCUT2D eigenvalue weighted by Crippen LogP contribution is -2.28. The summed E-state index contributed by atoms with van der Waals surface area (Å²) < 4.78 is 5.16. The molecule has 0 fully saturated rings. The molecule has 3 aromatic heterocycles. The number of aliphatic hydroxyl groups is 1. The molecule has 2 N–H and O–H groups in total. The van der Waals surface area contributed by atoms with Gasteiger partial charge in [0.2, 0.25) is 0 Å². The molecule has 0 saturated carbocycles. The van der Waals surface area contributed by atoms with Gasteiger partial charge in [-0.1, -0.05) is 24.3 Å². The van der Waals surface area contributed by atoms with Crippen molar-refractivity contribution in [3.8, 4) is 10.6 Å². The molecule has 4 rings (SSSR count). The quantitative estimate of drug-likeness (QED) is 0.561. The molecule has 1 atom stereocenters. The zero-order chi connectivity index (χ0) is 17.9. The number of aromatic nitrogens is 1. The summed E-state index contributed by atoms with van der Waals surface area (Å²) in [4.78, 5) is 18.4. The van der Waals surface area contributed by atoms with Crippen LogP contribution in [0.4, 0.5) is 0 Å². The van der Waals surface area contributed by atoms with Crippen LogP contribution in [0.15, 0.2) is 70.7 Å². The Bertz CT molecular complexity index is 1030. The summed E-state index contributed by atoms with van der Waals surface area (Å²) in [5, 5.41) is 15.6. The van der Waals surface area contributed by atoms with Gasteiger partial charge in [0.05, 0.1) is 34.5 Å². The number of carbonyl (C=O) groups is 1. The molecule has 0 spiro atoms. The van der Waals surface area contributed by atoms with Crippen LogP contribution in [0, 0.1) is 0 Å². The van der Waals surface area contributed by atoms with Gasteiger partial charge < -0.3 is 14.8 Å². The van der Waals surface area contributed by atoms with Crippen molar-refractivity contribution >= 4 is 28.1 Å². The highest BCUT2D eigenvalue weighted by Gasteiger charge is 2.17. The van der Waals surface area contributed by atoms with Crippen molar-refractivity contribution in [3.63, 3.8) is 0 Å². The van der Waals surface area contributed by atoms with Crippen molar-refractivity contribution in [2.45, 2.75) is 6.10 Å². The number of rotatable bonds is 5. The second-order valence-corrected chi connectivity index (χ2v) is 6.74. The number of thiophene rings is 1. The van der Waals surface area contributed by atoms with Crippen molar-refractivity contribution in [2.75, 3.05) is 6.54 Å². The predicted octanol–water partition coefficient (Wildman–Crippen LogP) is 4.02. The Morgan fingerprint density at radius 2 is 2.08 bits per heavy atom. The fourth-order valence-electron chi connectivity index (χ4n) is 2.78. The number of hydrogen-bond donors (Lipinski definition) is 2.